The molecule has 5 nitrogen and oxygen atoms in total. The first-order chi connectivity index (χ1) is 11.4. The van der Waals surface area contributed by atoms with Crippen LogP contribution in [0.5, 0.6) is 0 Å². The molecule has 1 heterocycles. The zero-order valence-corrected chi connectivity index (χ0v) is 12.7. The summed E-state index contributed by atoms with van der Waals surface area (Å²) in [6.07, 6.45) is -4.72. The second-order valence-corrected chi connectivity index (χ2v) is 5.03. The molecule has 0 aliphatic rings. The van der Waals surface area contributed by atoms with Crippen molar-refractivity contribution in [3.8, 4) is 0 Å². The minimum atomic E-state index is -3.03. The summed E-state index contributed by atoms with van der Waals surface area (Å²) in [5.74, 6) is -0.786. The number of nitrogens with one attached hydrogen (secondary N) is 1. The predicted octanol–water partition coefficient (Wildman–Crippen LogP) is 3.56. The van der Waals surface area contributed by atoms with Crippen LogP contribution in [0.1, 0.15) is 29.8 Å². The number of nitrogens with zero attached hydrogens (tertiary/aromatic N) is 3. The van der Waals surface area contributed by atoms with Gasteiger partial charge in [0.25, 0.3) is 18.8 Å². The first-order valence-corrected chi connectivity index (χ1v) is 6.96. The maximum Gasteiger partial charge on any atom is 0.282 e. The predicted molar refractivity (Wildman–Crippen MR) is 79.3 cm³/mol. The van der Waals surface area contributed by atoms with Gasteiger partial charge < -0.3 is 0 Å². The number of carbonyl (C=O) groups excluding carboxylic acids is 1. The molecule has 0 radical (unpaired) electrons. The van der Waals surface area contributed by atoms with Gasteiger partial charge in [0.1, 0.15) is 17.9 Å². The minimum absolute atomic E-state index is 0.527. The molecule has 0 bridgehead atoms. The molecule has 0 aliphatic carbocycles. The van der Waals surface area contributed by atoms with Crippen molar-refractivity contribution in [2.75, 3.05) is 0 Å². The average molecular weight is 363 g/mol. The fourth-order valence-electron chi connectivity index (χ4n) is 1.76. The standard InChI is InChI=1S/C14H11ClF4N4O/c15-9-3-1-8(2-4-9)6-20-21-12(24)7-23-11(14(18)19)5-10(22-23)13(16)17/h1-6,13-14H,7H2,(H,21,24)/b20-6-. The Balaban J connectivity index is 2.00. The molecule has 128 valence electrons. The topological polar surface area (TPSA) is 59.3 Å². The summed E-state index contributed by atoms with van der Waals surface area (Å²) < 4.78 is 51.1. The monoisotopic (exact) mass is 362 g/mol. The van der Waals surface area contributed by atoms with Crippen LogP contribution in [0, 0.1) is 0 Å². The van der Waals surface area contributed by atoms with E-state index in [-0.39, 0.29) is 0 Å². The molecule has 2 rings (SSSR count). The molecule has 24 heavy (non-hydrogen) atoms. The number of aromatic nitrogens is 2. The third kappa shape index (κ3) is 4.79. The Kier molecular flexibility index (Phi) is 5.91. The third-order valence-corrected chi connectivity index (χ3v) is 3.10. The van der Waals surface area contributed by atoms with Crippen LogP contribution in [0.2, 0.25) is 5.02 Å². The van der Waals surface area contributed by atoms with Gasteiger partial charge in [-0.3, -0.25) is 9.48 Å². The van der Waals surface area contributed by atoms with E-state index in [1.54, 1.807) is 24.3 Å². The van der Waals surface area contributed by atoms with Crippen molar-refractivity contribution in [2.45, 2.75) is 19.4 Å². The van der Waals surface area contributed by atoms with Crippen molar-refractivity contribution in [1.29, 1.82) is 0 Å². The van der Waals surface area contributed by atoms with Gasteiger partial charge in [-0.05, 0) is 23.8 Å². The molecule has 0 aliphatic heterocycles. The average Bonchev–Trinajstić information content (AvgIpc) is 2.93. The van der Waals surface area contributed by atoms with E-state index in [4.69, 9.17) is 11.6 Å². The summed E-state index contributed by atoms with van der Waals surface area (Å²) in [7, 11) is 0. The summed E-state index contributed by atoms with van der Waals surface area (Å²) in [6.45, 7) is -0.662. The first-order valence-electron chi connectivity index (χ1n) is 6.58. The molecule has 1 amide bonds. The van der Waals surface area contributed by atoms with Gasteiger partial charge in [-0.2, -0.15) is 10.2 Å². The van der Waals surface area contributed by atoms with Gasteiger partial charge in [0.15, 0.2) is 0 Å². The van der Waals surface area contributed by atoms with E-state index in [0.717, 1.165) is 0 Å². The number of hydrogen-bond acceptors (Lipinski definition) is 3. The van der Waals surface area contributed by atoms with Crippen LogP contribution in [0.15, 0.2) is 35.4 Å². The van der Waals surface area contributed by atoms with E-state index >= 15 is 0 Å². The lowest BCUT2D eigenvalue weighted by Gasteiger charge is -2.05. The Labute approximate surface area is 138 Å². The van der Waals surface area contributed by atoms with Crippen molar-refractivity contribution in [2.24, 2.45) is 5.10 Å². The highest BCUT2D eigenvalue weighted by Gasteiger charge is 2.22. The molecule has 0 spiro atoms. The Morgan fingerprint density at radius 2 is 1.92 bits per heavy atom. The summed E-state index contributed by atoms with van der Waals surface area (Å²) in [5.41, 5.74) is 1.17. The molecule has 0 saturated heterocycles. The maximum absolute atomic E-state index is 12.8. The maximum atomic E-state index is 12.8. The molecule has 0 atom stereocenters. The Morgan fingerprint density at radius 3 is 2.50 bits per heavy atom. The highest BCUT2D eigenvalue weighted by atomic mass is 35.5. The minimum Gasteiger partial charge on any atom is -0.271 e. The fraction of sp³-hybridized carbons (Fsp3) is 0.214. The highest BCUT2D eigenvalue weighted by molar-refractivity contribution is 6.30. The lowest BCUT2D eigenvalue weighted by Crippen LogP contribution is -2.25. The van der Waals surface area contributed by atoms with Gasteiger partial charge in [-0.25, -0.2) is 23.0 Å². The highest BCUT2D eigenvalue weighted by Crippen LogP contribution is 2.24. The van der Waals surface area contributed by atoms with Crippen molar-refractivity contribution in [3.63, 3.8) is 0 Å². The van der Waals surface area contributed by atoms with Crippen molar-refractivity contribution in [3.05, 3.63) is 52.3 Å². The number of rotatable bonds is 6. The number of hydrogen-bond donors (Lipinski definition) is 1. The van der Waals surface area contributed by atoms with E-state index in [1.807, 2.05) is 0 Å². The zero-order valence-electron chi connectivity index (χ0n) is 12.0. The number of halogens is 5. The van der Waals surface area contributed by atoms with E-state index in [9.17, 15) is 22.4 Å². The second kappa shape index (κ2) is 7.91. The summed E-state index contributed by atoms with van der Waals surface area (Å²) in [6, 6.07) is 7.11. The first kappa shape index (κ1) is 17.9. The van der Waals surface area contributed by atoms with Gasteiger partial charge in [-0.15, -0.1) is 0 Å². The number of benzene rings is 1. The molecule has 1 aromatic heterocycles. The van der Waals surface area contributed by atoms with Gasteiger partial charge >= 0.3 is 0 Å². The fourth-order valence-corrected chi connectivity index (χ4v) is 1.89. The van der Waals surface area contributed by atoms with Crippen LogP contribution in [0.4, 0.5) is 17.6 Å². The Morgan fingerprint density at radius 1 is 1.25 bits per heavy atom. The third-order valence-electron chi connectivity index (χ3n) is 2.84. The van der Waals surface area contributed by atoms with Crippen LogP contribution < -0.4 is 5.43 Å². The lowest BCUT2D eigenvalue weighted by atomic mass is 10.2. The molecule has 1 aromatic carbocycles. The van der Waals surface area contributed by atoms with E-state index in [2.05, 4.69) is 15.6 Å². The molecule has 0 fully saturated rings. The molecule has 10 heteroatoms. The summed E-state index contributed by atoms with van der Waals surface area (Å²) in [5, 5.41) is 7.48. The van der Waals surface area contributed by atoms with Crippen molar-refractivity contribution in [1.82, 2.24) is 15.2 Å². The SMILES string of the molecule is O=C(Cn1nc(C(F)F)cc1C(F)F)N/N=C\c1ccc(Cl)cc1. The second-order valence-electron chi connectivity index (χ2n) is 4.60. The van der Waals surface area contributed by atoms with Gasteiger partial charge in [0.05, 0.1) is 6.21 Å². The lowest BCUT2D eigenvalue weighted by molar-refractivity contribution is -0.121. The van der Waals surface area contributed by atoms with E-state index in [0.29, 0.717) is 21.3 Å². The largest absolute Gasteiger partial charge is 0.282 e. The molecule has 2 aromatic rings. The normalized spacial score (nSPS) is 11.6. The van der Waals surface area contributed by atoms with E-state index < -0.39 is 36.7 Å². The van der Waals surface area contributed by atoms with Crippen LogP contribution >= 0.6 is 11.6 Å². The Hall–Kier alpha value is -2.42. The van der Waals surface area contributed by atoms with Gasteiger partial charge in [-0.1, -0.05) is 23.7 Å². The molecule has 0 unspecified atom stereocenters. The van der Waals surface area contributed by atoms with Crippen LogP contribution in [0.3, 0.4) is 0 Å². The molecule has 1 N–H and O–H groups in total. The number of alkyl halides is 4. The summed E-state index contributed by atoms with van der Waals surface area (Å²) in [4.78, 5) is 11.7. The van der Waals surface area contributed by atoms with Crippen molar-refractivity contribution < 1.29 is 22.4 Å². The molecular weight excluding hydrogens is 352 g/mol. The Bertz CT molecular complexity index is 731. The smallest absolute Gasteiger partial charge is 0.271 e. The van der Waals surface area contributed by atoms with Gasteiger partial charge in [0, 0.05) is 5.02 Å². The van der Waals surface area contributed by atoms with Crippen LogP contribution in [-0.2, 0) is 11.3 Å². The number of hydrazone groups is 1. The number of amides is 1. The van der Waals surface area contributed by atoms with Crippen LogP contribution in [-0.4, -0.2) is 21.9 Å². The quantitative estimate of drug-likeness (QED) is 0.485. The van der Waals surface area contributed by atoms with Gasteiger partial charge in [0.2, 0.25) is 0 Å². The van der Waals surface area contributed by atoms with Crippen molar-refractivity contribution >= 4 is 23.7 Å². The number of carbonyl (C=O) groups is 1. The van der Waals surface area contributed by atoms with E-state index in [1.165, 1.54) is 6.21 Å². The molecular formula is C14H11ClF4N4O. The zero-order chi connectivity index (χ0) is 17.7. The van der Waals surface area contributed by atoms with Crippen LogP contribution in [0.25, 0.3) is 0 Å². The molecule has 0 saturated carbocycles. The summed E-state index contributed by atoms with van der Waals surface area (Å²) >= 11 is 5.71.